The van der Waals surface area contributed by atoms with Crippen LogP contribution in [0.2, 0.25) is 0 Å². The van der Waals surface area contributed by atoms with E-state index in [9.17, 15) is 0 Å². The van der Waals surface area contributed by atoms with Gasteiger partial charge in [-0.05, 0) is 31.0 Å². The third-order valence-electron chi connectivity index (χ3n) is 3.09. The zero-order valence-electron chi connectivity index (χ0n) is 10.5. The fraction of sp³-hybridized carbons (Fsp3) is 0.467. The maximum Gasteiger partial charge on any atom is 0.109 e. The summed E-state index contributed by atoms with van der Waals surface area (Å²) in [5, 5.41) is 3.50. The summed E-state index contributed by atoms with van der Waals surface area (Å²) in [6.45, 7) is 3.98. The van der Waals surface area contributed by atoms with Gasteiger partial charge in [0.05, 0.1) is 12.6 Å². The molecule has 0 spiro atoms. The number of aryl methyl sites for hydroxylation is 1. The zero-order valence-corrected chi connectivity index (χ0v) is 10.5. The first-order chi connectivity index (χ1) is 8.40. The molecule has 17 heavy (non-hydrogen) atoms. The summed E-state index contributed by atoms with van der Waals surface area (Å²) in [7, 11) is 0. The molecule has 1 aromatic carbocycles. The van der Waals surface area contributed by atoms with Crippen LogP contribution >= 0.6 is 0 Å². The van der Waals surface area contributed by atoms with Gasteiger partial charge in [-0.1, -0.05) is 37.3 Å². The summed E-state index contributed by atoms with van der Waals surface area (Å²) in [5.74, 6) is 1.14. The molecule has 1 aliphatic rings. The van der Waals surface area contributed by atoms with Gasteiger partial charge in [-0.25, -0.2) is 0 Å². The van der Waals surface area contributed by atoms with Crippen LogP contribution < -0.4 is 5.32 Å². The number of benzene rings is 1. The highest BCUT2D eigenvalue weighted by atomic mass is 16.5. The van der Waals surface area contributed by atoms with E-state index in [1.165, 1.54) is 5.56 Å². The fourth-order valence-corrected chi connectivity index (χ4v) is 2.23. The molecule has 0 amide bonds. The predicted molar refractivity (Wildman–Crippen MR) is 70.9 cm³/mol. The number of hydrogen-bond donors (Lipinski definition) is 1. The number of nitrogens with one attached hydrogen (secondary N) is 1. The molecule has 1 N–H and O–H groups in total. The molecule has 0 aliphatic carbocycles. The molecule has 0 saturated heterocycles. The molecular weight excluding hydrogens is 210 g/mol. The zero-order chi connectivity index (χ0) is 11.9. The lowest BCUT2D eigenvalue weighted by Gasteiger charge is -2.19. The van der Waals surface area contributed by atoms with Crippen LogP contribution in [0.3, 0.4) is 0 Å². The van der Waals surface area contributed by atoms with Crippen molar-refractivity contribution in [1.82, 2.24) is 5.32 Å². The van der Waals surface area contributed by atoms with E-state index in [-0.39, 0.29) is 0 Å². The van der Waals surface area contributed by atoms with Crippen LogP contribution in [0, 0.1) is 0 Å². The van der Waals surface area contributed by atoms with E-state index in [1.54, 1.807) is 0 Å². The topological polar surface area (TPSA) is 21.3 Å². The van der Waals surface area contributed by atoms with Crippen molar-refractivity contribution < 1.29 is 4.74 Å². The minimum atomic E-state index is 0.378. The van der Waals surface area contributed by atoms with Crippen LogP contribution in [-0.4, -0.2) is 19.2 Å². The second-order valence-corrected chi connectivity index (χ2v) is 4.38. The number of rotatable bonds is 6. The molecule has 0 bridgehead atoms. The minimum Gasteiger partial charge on any atom is -0.496 e. The van der Waals surface area contributed by atoms with E-state index in [0.29, 0.717) is 6.04 Å². The van der Waals surface area contributed by atoms with E-state index >= 15 is 0 Å². The largest absolute Gasteiger partial charge is 0.496 e. The van der Waals surface area contributed by atoms with Crippen molar-refractivity contribution in [2.45, 2.75) is 32.2 Å². The fourth-order valence-electron chi connectivity index (χ4n) is 2.23. The molecule has 0 saturated carbocycles. The normalized spacial score (nSPS) is 16.4. The molecular formula is C15H21NO. The van der Waals surface area contributed by atoms with Crippen LogP contribution in [0.15, 0.2) is 42.2 Å². The summed E-state index contributed by atoms with van der Waals surface area (Å²) < 4.78 is 5.65. The summed E-state index contributed by atoms with van der Waals surface area (Å²) in [4.78, 5) is 0. The van der Waals surface area contributed by atoms with Crippen LogP contribution in [0.1, 0.15) is 25.3 Å². The molecule has 1 unspecified atom stereocenters. The average Bonchev–Trinajstić information content (AvgIpc) is 2.89. The van der Waals surface area contributed by atoms with Crippen molar-refractivity contribution in [1.29, 1.82) is 0 Å². The summed E-state index contributed by atoms with van der Waals surface area (Å²) >= 11 is 0. The summed E-state index contributed by atoms with van der Waals surface area (Å²) in [6, 6.07) is 11.0. The third-order valence-corrected chi connectivity index (χ3v) is 3.09. The van der Waals surface area contributed by atoms with E-state index in [4.69, 9.17) is 4.74 Å². The first kappa shape index (κ1) is 12.2. The molecule has 1 aromatic rings. The number of likely N-dealkylation sites (N-methyl/N-ethyl adjacent to an activating group) is 1. The van der Waals surface area contributed by atoms with Gasteiger partial charge in [-0.15, -0.1) is 0 Å². The van der Waals surface area contributed by atoms with Crippen molar-refractivity contribution >= 4 is 0 Å². The minimum absolute atomic E-state index is 0.378. The highest BCUT2D eigenvalue weighted by Gasteiger charge is 2.17. The van der Waals surface area contributed by atoms with Gasteiger partial charge in [-0.3, -0.25) is 0 Å². The Labute approximate surface area is 104 Å². The van der Waals surface area contributed by atoms with Crippen molar-refractivity contribution in [3.05, 3.63) is 47.7 Å². The SMILES string of the molecule is CCNC(CCc1ccccc1)C1=CCCO1. The quantitative estimate of drug-likeness (QED) is 0.813. The molecule has 0 fully saturated rings. The highest BCUT2D eigenvalue weighted by molar-refractivity contribution is 5.16. The molecule has 0 radical (unpaired) electrons. The van der Waals surface area contributed by atoms with Crippen molar-refractivity contribution in [3.8, 4) is 0 Å². The summed E-state index contributed by atoms with van der Waals surface area (Å²) in [5.41, 5.74) is 1.40. The Morgan fingerprint density at radius 2 is 2.12 bits per heavy atom. The molecule has 1 atom stereocenters. The van der Waals surface area contributed by atoms with Gasteiger partial charge in [0, 0.05) is 6.42 Å². The van der Waals surface area contributed by atoms with Gasteiger partial charge >= 0.3 is 0 Å². The van der Waals surface area contributed by atoms with Crippen LogP contribution in [0.4, 0.5) is 0 Å². The van der Waals surface area contributed by atoms with Crippen molar-refractivity contribution in [2.24, 2.45) is 0 Å². The molecule has 1 heterocycles. The van der Waals surface area contributed by atoms with E-state index < -0.39 is 0 Å². The highest BCUT2D eigenvalue weighted by Crippen LogP contribution is 2.17. The smallest absolute Gasteiger partial charge is 0.109 e. The van der Waals surface area contributed by atoms with Gasteiger partial charge in [0.2, 0.25) is 0 Å². The first-order valence-electron chi connectivity index (χ1n) is 6.50. The Morgan fingerprint density at radius 3 is 2.76 bits per heavy atom. The van der Waals surface area contributed by atoms with Crippen molar-refractivity contribution in [3.63, 3.8) is 0 Å². The number of hydrogen-bond acceptors (Lipinski definition) is 2. The molecule has 92 valence electrons. The van der Waals surface area contributed by atoms with Crippen LogP contribution in [-0.2, 0) is 11.2 Å². The first-order valence-corrected chi connectivity index (χ1v) is 6.50. The molecule has 1 aliphatic heterocycles. The molecule has 0 aromatic heterocycles. The van der Waals surface area contributed by atoms with E-state index in [2.05, 4.69) is 48.6 Å². The maximum atomic E-state index is 5.65. The molecule has 2 rings (SSSR count). The second kappa shape index (κ2) is 6.45. The van der Waals surface area contributed by atoms with Gasteiger partial charge in [0.25, 0.3) is 0 Å². The van der Waals surface area contributed by atoms with Crippen LogP contribution in [0.25, 0.3) is 0 Å². The Hall–Kier alpha value is -1.28. The molecule has 2 heteroatoms. The summed E-state index contributed by atoms with van der Waals surface area (Å²) in [6.07, 6.45) is 5.48. The third kappa shape index (κ3) is 3.60. The van der Waals surface area contributed by atoms with Gasteiger partial charge < -0.3 is 10.1 Å². The van der Waals surface area contributed by atoms with Gasteiger partial charge in [-0.2, -0.15) is 0 Å². The average molecular weight is 231 g/mol. The maximum absolute atomic E-state index is 5.65. The Balaban J connectivity index is 1.89. The van der Waals surface area contributed by atoms with Gasteiger partial charge in [0.1, 0.15) is 5.76 Å². The molecule has 2 nitrogen and oxygen atoms in total. The number of ether oxygens (including phenoxy) is 1. The lowest BCUT2D eigenvalue weighted by atomic mass is 10.0. The Bertz CT molecular complexity index is 358. The Kier molecular flexibility index (Phi) is 4.63. The van der Waals surface area contributed by atoms with E-state index in [0.717, 1.165) is 38.2 Å². The predicted octanol–water partition coefficient (Wildman–Crippen LogP) is 2.90. The van der Waals surface area contributed by atoms with Crippen LogP contribution in [0.5, 0.6) is 0 Å². The monoisotopic (exact) mass is 231 g/mol. The lowest BCUT2D eigenvalue weighted by molar-refractivity contribution is 0.212. The van der Waals surface area contributed by atoms with Crippen molar-refractivity contribution in [2.75, 3.05) is 13.2 Å². The second-order valence-electron chi connectivity index (χ2n) is 4.38. The standard InChI is InChI=1S/C15H21NO/c1-2-16-14(15-9-6-12-17-15)11-10-13-7-4-3-5-8-13/h3-5,7-9,14,16H,2,6,10-12H2,1H3. The Morgan fingerprint density at radius 1 is 1.29 bits per heavy atom. The van der Waals surface area contributed by atoms with Gasteiger partial charge in [0.15, 0.2) is 0 Å². The van der Waals surface area contributed by atoms with E-state index in [1.807, 2.05) is 0 Å². The lowest BCUT2D eigenvalue weighted by Crippen LogP contribution is -2.31.